The Bertz CT molecular complexity index is 1010. The van der Waals surface area contributed by atoms with Crippen molar-refractivity contribution in [3.63, 3.8) is 0 Å². The van der Waals surface area contributed by atoms with Crippen molar-refractivity contribution in [2.75, 3.05) is 18.5 Å². The Morgan fingerprint density at radius 1 is 1.36 bits per heavy atom. The summed E-state index contributed by atoms with van der Waals surface area (Å²) in [6.45, 7) is 2.42. The second-order valence-corrected chi connectivity index (χ2v) is 7.42. The highest BCUT2D eigenvalue weighted by molar-refractivity contribution is 6.35. The number of aliphatic hydroxyl groups is 1. The SMILES string of the molecule is Cc1ccc(C(=O)c2c[nH]c3ncnc(N[C@@H]4CC[C@@H](CO)OC4)c23)c(Cl)c1. The number of nitrogens with zero attached hydrogens (tertiary/aromatic N) is 2. The van der Waals surface area contributed by atoms with Crippen molar-refractivity contribution in [1.29, 1.82) is 0 Å². The summed E-state index contributed by atoms with van der Waals surface area (Å²) in [6, 6.07) is 5.41. The van der Waals surface area contributed by atoms with Gasteiger partial charge in [-0.25, -0.2) is 9.97 Å². The van der Waals surface area contributed by atoms with Crippen molar-refractivity contribution in [3.8, 4) is 0 Å². The van der Waals surface area contributed by atoms with Crippen molar-refractivity contribution in [2.24, 2.45) is 0 Å². The van der Waals surface area contributed by atoms with E-state index in [1.807, 2.05) is 13.0 Å². The van der Waals surface area contributed by atoms with Crippen LogP contribution in [-0.2, 0) is 4.74 Å². The molecule has 3 aromatic rings. The van der Waals surface area contributed by atoms with Crippen LogP contribution in [0.1, 0.15) is 34.3 Å². The molecule has 0 saturated carbocycles. The number of rotatable bonds is 5. The predicted molar refractivity (Wildman–Crippen MR) is 107 cm³/mol. The Balaban J connectivity index is 1.66. The number of halogens is 1. The number of hydrogen-bond donors (Lipinski definition) is 3. The molecule has 146 valence electrons. The lowest BCUT2D eigenvalue weighted by atomic mass is 10.0. The summed E-state index contributed by atoms with van der Waals surface area (Å²) in [5.41, 5.74) is 2.47. The Labute approximate surface area is 167 Å². The van der Waals surface area contributed by atoms with E-state index in [2.05, 4.69) is 20.3 Å². The molecule has 3 N–H and O–H groups in total. The third-order valence-corrected chi connectivity index (χ3v) is 5.31. The number of hydrogen-bond acceptors (Lipinski definition) is 6. The number of fused-ring (bicyclic) bond motifs is 1. The highest BCUT2D eigenvalue weighted by atomic mass is 35.5. The second-order valence-electron chi connectivity index (χ2n) is 7.02. The molecular weight excluding hydrogens is 380 g/mol. The lowest BCUT2D eigenvalue weighted by molar-refractivity contribution is -0.0224. The van der Waals surface area contributed by atoms with Crippen LogP contribution in [0.5, 0.6) is 0 Å². The number of benzene rings is 1. The first-order valence-electron chi connectivity index (χ1n) is 9.18. The Hall–Kier alpha value is -2.48. The number of carbonyl (C=O) groups excluding carboxylic acids is 1. The molecule has 3 heterocycles. The molecule has 0 bridgehead atoms. The van der Waals surface area contributed by atoms with Gasteiger partial charge in [-0.15, -0.1) is 0 Å². The molecule has 4 rings (SSSR count). The van der Waals surface area contributed by atoms with Gasteiger partial charge in [0.25, 0.3) is 0 Å². The van der Waals surface area contributed by atoms with Crippen LogP contribution in [0.25, 0.3) is 11.0 Å². The van der Waals surface area contributed by atoms with Crippen LogP contribution >= 0.6 is 11.6 Å². The van der Waals surface area contributed by atoms with Crippen molar-refractivity contribution < 1.29 is 14.6 Å². The number of anilines is 1. The molecule has 1 saturated heterocycles. The van der Waals surface area contributed by atoms with Crippen LogP contribution in [0.2, 0.25) is 5.02 Å². The number of aromatic amines is 1. The van der Waals surface area contributed by atoms with Crippen LogP contribution in [-0.4, -0.2) is 51.2 Å². The average molecular weight is 401 g/mol. The van der Waals surface area contributed by atoms with E-state index in [0.717, 1.165) is 18.4 Å². The highest BCUT2D eigenvalue weighted by Crippen LogP contribution is 2.29. The van der Waals surface area contributed by atoms with Crippen molar-refractivity contribution in [2.45, 2.75) is 31.9 Å². The molecule has 2 atom stereocenters. The van der Waals surface area contributed by atoms with E-state index in [1.54, 1.807) is 18.3 Å². The zero-order chi connectivity index (χ0) is 19.7. The van der Waals surface area contributed by atoms with Gasteiger partial charge in [0.1, 0.15) is 17.8 Å². The molecule has 1 aliphatic heterocycles. The monoisotopic (exact) mass is 400 g/mol. The fourth-order valence-electron chi connectivity index (χ4n) is 3.46. The summed E-state index contributed by atoms with van der Waals surface area (Å²) >= 11 is 6.30. The van der Waals surface area contributed by atoms with Crippen molar-refractivity contribution in [3.05, 3.63) is 52.4 Å². The van der Waals surface area contributed by atoms with Gasteiger partial charge in [-0.3, -0.25) is 4.79 Å². The van der Waals surface area contributed by atoms with Gasteiger partial charge in [0.15, 0.2) is 5.78 Å². The zero-order valence-corrected chi connectivity index (χ0v) is 16.2. The maximum Gasteiger partial charge on any atom is 0.196 e. The minimum Gasteiger partial charge on any atom is -0.394 e. The summed E-state index contributed by atoms with van der Waals surface area (Å²) in [7, 11) is 0. The first kappa shape index (κ1) is 18.9. The van der Waals surface area contributed by atoms with Crippen LogP contribution in [0, 0.1) is 6.92 Å². The largest absolute Gasteiger partial charge is 0.394 e. The molecule has 7 nitrogen and oxygen atoms in total. The lowest BCUT2D eigenvalue weighted by Crippen LogP contribution is -2.36. The van der Waals surface area contributed by atoms with Crippen LogP contribution in [0.3, 0.4) is 0 Å². The number of carbonyl (C=O) groups is 1. The minimum absolute atomic E-state index is 0.0260. The lowest BCUT2D eigenvalue weighted by Gasteiger charge is -2.29. The highest BCUT2D eigenvalue weighted by Gasteiger charge is 2.24. The van der Waals surface area contributed by atoms with E-state index in [0.29, 0.717) is 39.6 Å². The molecule has 28 heavy (non-hydrogen) atoms. The van der Waals surface area contributed by atoms with Crippen LogP contribution < -0.4 is 5.32 Å². The van der Waals surface area contributed by atoms with Gasteiger partial charge in [0.2, 0.25) is 0 Å². The quantitative estimate of drug-likeness (QED) is 0.569. The maximum atomic E-state index is 13.1. The van der Waals surface area contributed by atoms with E-state index in [1.165, 1.54) is 6.33 Å². The Morgan fingerprint density at radius 2 is 2.21 bits per heavy atom. The topological polar surface area (TPSA) is 100 Å². The zero-order valence-electron chi connectivity index (χ0n) is 15.4. The molecule has 8 heteroatoms. The first-order valence-corrected chi connectivity index (χ1v) is 9.56. The number of aryl methyl sites for hydroxylation is 1. The number of nitrogens with one attached hydrogen (secondary N) is 2. The summed E-state index contributed by atoms with van der Waals surface area (Å²) in [6.07, 6.45) is 4.59. The van der Waals surface area contributed by atoms with Gasteiger partial charge >= 0.3 is 0 Å². The average Bonchev–Trinajstić information content (AvgIpc) is 3.13. The molecule has 0 aliphatic carbocycles. The third-order valence-electron chi connectivity index (χ3n) is 5.00. The van der Waals surface area contributed by atoms with Crippen LogP contribution in [0.4, 0.5) is 5.82 Å². The maximum absolute atomic E-state index is 13.1. The molecule has 0 spiro atoms. The van der Waals surface area contributed by atoms with Crippen molar-refractivity contribution >= 4 is 34.2 Å². The van der Waals surface area contributed by atoms with E-state index in [4.69, 9.17) is 16.3 Å². The van der Waals surface area contributed by atoms with Gasteiger partial charge in [0.05, 0.1) is 41.3 Å². The molecular formula is C20H21ClN4O3. The number of ether oxygens (including phenoxy) is 1. The number of ketones is 1. The minimum atomic E-state index is -0.186. The standard InChI is InChI=1S/C20H21ClN4O3/c1-11-2-5-14(16(21)6-11)18(27)15-7-22-19-17(15)20(24-10-23-19)25-12-3-4-13(8-26)28-9-12/h2,5-7,10,12-13,26H,3-4,8-9H2,1H3,(H2,22,23,24,25)/t12-,13+/m1/s1. The molecule has 1 fully saturated rings. The Kier molecular flexibility index (Phi) is 5.30. The predicted octanol–water partition coefficient (Wildman–Crippen LogP) is 3.10. The van der Waals surface area contributed by atoms with Crippen LogP contribution in [0.15, 0.2) is 30.7 Å². The second kappa shape index (κ2) is 7.87. The fraction of sp³-hybridized carbons (Fsp3) is 0.350. The van der Waals surface area contributed by atoms with Gasteiger partial charge in [-0.1, -0.05) is 17.7 Å². The first-order chi connectivity index (χ1) is 13.6. The molecule has 0 radical (unpaired) electrons. The molecule has 1 aromatic carbocycles. The van der Waals surface area contributed by atoms with Gasteiger partial charge in [-0.2, -0.15) is 0 Å². The molecule has 2 aromatic heterocycles. The summed E-state index contributed by atoms with van der Waals surface area (Å²) in [4.78, 5) is 24.8. The van der Waals surface area contributed by atoms with Gasteiger partial charge in [0, 0.05) is 11.8 Å². The van der Waals surface area contributed by atoms with Gasteiger partial charge in [-0.05, 0) is 37.5 Å². The fourth-order valence-corrected chi connectivity index (χ4v) is 3.78. The van der Waals surface area contributed by atoms with Gasteiger partial charge < -0.3 is 20.1 Å². The van der Waals surface area contributed by atoms with Crippen molar-refractivity contribution in [1.82, 2.24) is 15.0 Å². The Morgan fingerprint density at radius 3 is 2.93 bits per heavy atom. The molecule has 0 amide bonds. The normalized spacial score (nSPS) is 19.7. The number of H-pyrrole nitrogens is 1. The van der Waals surface area contributed by atoms with E-state index in [-0.39, 0.29) is 24.5 Å². The third kappa shape index (κ3) is 3.61. The number of aromatic nitrogens is 3. The molecule has 0 unspecified atom stereocenters. The van der Waals surface area contributed by atoms with E-state index >= 15 is 0 Å². The summed E-state index contributed by atoms with van der Waals surface area (Å²) in [5.74, 6) is 0.392. The number of aliphatic hydroxyl groups excluding tert-OH is 1. The summed E-state index contributed by atoms with van der Waals surface area (Å²) in [5, 5.41) is 13.6. The molecule has 1 aliphatic rings. The smallest absolute Gasteiger partial charge is 0.196 e. The van der Waals surface area contributed by atoms with E-state index in [9.17, 15) is 9.90 Å². The van der Waals surface area contributed by atoms with E-state index < -0.39 is 0 Å². The summed E-state index contributed by atoms with van der Waals surface area (Å²) < 4.78 is 5.63.